The van der Waals surface area contributed by atoms with Crippen LogP contribution in [0.5, 0.6) is 0 Å². The monoisotopic (exact) mass is 264 g/mol. The van der Waals surface area contributed by atoms with Crippen LogP contribution in [0.3, 0.4) is 0 Å². The van der Waals surface area contributed by atoms with Crippen LogP contribution in [0.4, 0.5) is 0 Å². The molecule has 0 aromatic heterocycles. The van der Waals surface area contributed by atoms with Gasteiger partial charge in [0.15, 0.2) is 0 Å². The minimum Gasteiger partial charge on any atom is -0.389 e. The van der Waals surface area contributed by atoms with E-state index in [9.17, 15) is 8.42 Å². The molecule has 0 aliphatic rings. The van der Waals surface area contributed by atoms with Gasteiger partial charge in [0.1, 0.15) is 4.99 Å². The Labute approximate surface area is 98.5 Å². The number of hydrogen-bond donors (Lipinski definition) is 2. The van der Waals surface area contributed by atoms with E-state index in [0.29, 0.717) is 5.56 Å². The normalized spacial score (nSPS) is 11.3. The van der Waals surface area contributed by atoms with Gasteiger partial charge in [0, 0.05) is 5.56 Å². The van der Waals surface area contributed by atoms with E-state index >= 15 is 0 Å². The van der Waals surface area contributed by atoms with Crippen molar-refractivity contribution in [2.45, 2.75) is 4.90 Å². The first-order valence-electron chi connectivity index (χ1n) is 3.91. The van der Waals surface area contributed by atoms with Crippen LogP contribution in [0.25, 0.3) is 0 Å². The van der Waals surface area contributed by atoms with Crippen LogP contribution < -0.4 is 10.5 Å². The van der Waals surface area contributed by atoms with Crippen molar-refractivity contribution in [3.63, 3.8) is 0 Å². The second-order valence-electron chi connectivity index (χ2n) is 2.71. The van der Waals surface area contributed by atoms with Gasteiger partial charge in [-0.1, -0.05) is 23.8 Å². The quantitative estimate of drug-likeness (QED) is 0.795. The maximum atomic E-state index is 11.4. The van der Waals surface area contributed by atoms with Crippen LogP contribution in [0.1, 0.15) is 5.56 Å². The molecule has 0 bridgehead atoms. The van der Waals surface area contributed by atoms with Gasteiger partial charge in [0.25, 0.3) is 0 Å². The lowest BCUT2D eigenvalue weighted by Gasteiger charge is -2.05. The average Bonchev–Trinajstić information content (AvgIpc) is 2.17. The first-order chi connectivity index (χ1) is 6.88. The third-order valence-corrected chi connectivity index (χ3v) is 3.73. The molecular weight excluding hydrogens is 256 g/mol. The molecule has 1 rings (SSSR count). The highest BCUT2D eigenvalue weighted by molar-refractivity contribution is 7.89. The molecule has 3 N–H and O–H groups in total. The first-order valence-corrected chi connectivity index (χ1v) is 6.18. The van der Waals surface area contributed by atoms with Gasteiger partial charge in [-0.2, -0.15) is 0 Å². The molecule has 0 spiro atoms. The minimum atomic E-state index is -3.48. The van der Waals surface area contributed by atoms with Gasteiger partial charge >= 0.3 is 0 Å². The van der Waals surface area contributed by atoms with Gasteiger partial charge in [-0.05, 0) is 25.2 Å². The number of thiocarbonyl (C=S) groups is 1. The zero-order valence-corrected chi connectivity index (χ0v) is 10.2. The second kappa shape index (κ2) is 4.44. The summed E-state index contributed by atoms with van der Waals surface area (Å²) in [6.07, 6.45) is 0. The Morgan fingerprint density at radius 2 is 2.13 bits per heavy atom. The molecule has 0 aliphatic carbocycles. The van der Waals surface area contributed by atoms with E-state index in [1.165, 1.54) is 25.2 Å². The molecule has 0 heterocycles. The van der Waals surface area contributed by atoms with Gasteiger partial charge in [0.05, 0.1) is 9.92 Å². The fourth-order valence-corrected chi connectivity index (χ4v) is 2.32. The molecule has 0 radical (unpaired) electrons. The molecule has 0 unspecified atom stereocenters. The first kappa shape index (κ1) is 12.4. The van der Waals surface area contributed by atoms with Crippen molar-refractivity contribution in [3.05, 3.63) is 28.8 Å². The van der Waals surface area contributed by atoms with Crippen molar-refractivity contribution in [1.29, 1.82) is 0 Å². The van der Waals surface area contributed by atoms with Crippen molar-refractivity contribution in [2.24, 2.45) is 5.73 Å². The Kier molecular flexibility index (Phi) is 3.67. The second-order valence-corrected chi connectivity index (χ2v) is 5.45. The van der Waals surface area contributed by atoms with Crippen molar-refractivity contribution in [2.75, 3.05) is 7.05 Å². The van der Waals surface area contributed by atoms with Gasteiger partial charge in [0.2, 0.25) is 10.0 Å². The van der Waals surface area contributed by atoms with Crippen LogP contribution in [-0.2, 0) is 10.0 Å². The van der Waals surface area contributed by atoms with Gasteiger partial charge in [-0.15, -0.1) is 0 Å². The minimum absolute atomic E-state index is 0.0787. The SMILES string of the molecule is CNS(=O)(=O)c1ccc(C(N)=S)c(Cl)c1. The summed E-state index contributed by atoms with van der Waals surface area (Å²) >= 11 is 10.6. The van der Waals surface area contributed by atoms with Gasteiger partial charge in [-0.3, -0.25) is 0 Å². The fourth-order valence-electron chi connectivity index (χ4n) is 0.981. The van der Waals surface area contributed by atoms with E-state index in [1.807, 2.05) is 0 Å². The molecule has 7 heteroatoms. The maximum absolute atomic E-state index is 11.4. The molecule has 82 valence electrons. The maximum Gasteiger partial charge on any atom is 0.240 e. The highest BCUT2D eigenvalue weighted by atomic mass is 35.5. The van der Waals surface area contributed by atoms with Crippen LogP contribution >= 0.6 is 23.8 Å². The summed E-state index contributed by atoms with van der Waals surface area (Å²) in [5, 5.41) is 0.221. The van der Waals surface area contributed by atoms with E-state index in [-0.39, 0.29) is 14.9 Å². The molecule has 1 aromatic rings. The number of nitrogens with one attached hydrogen (secondary N) is 1. The third-order valence-electron chi connectivity index (χ3n) is 1.79. The van der Waals surface area contributed by atoms with Crippen molar-refractivity contribution >= 4 is 38.8 Å². The van der Waals surface area contributed by atoms with Gasteiger partial charge < -0.3 is 5.73 Å². The average molecular weight is 265 g/mol. The molecule has 1 aromatic carbocycles. The lowest BCUT2D eigenvalue weighted by atomic mass is 10.2. The number of rotatable bonds is 3. The third kappa shape index (κ3) is 2.66. The van der Waals surface area contributed by atoms with Crippen molar-refractivity contribution < 1.29 is 8.42 Å². The van der Waals surface area contributed by atoms with Crippen LogP contribution in [-0.4, -0.2) is 20.5 Å². The Morgan fingerprint density at radius 1 is 1.53 bits per heavy atom. The molecular formula is C8H9ClN2O2S2. The molecule has 0 atom stereocenters. The summed E-state index contributed by atoms with van der Waals surface area (Å²) < 4.78 is 25.0. The molecule has 0 aliphatic heterocycles. The summed E-state index contributed by atoms with van der Waals surface area (Å²) in [6.45, 7) is 0. The zero-order valence-electron chi connectivity index (χ0n) is 7.82. The predicted octanol–water partition coefficient (Wildman–Crippen LogP) is 0.882. The van der Waals surface area contributed by atoms with E-state index in [4.69, 9.17) is 29.6 Å². The summed E-state index contributed by atoms with van der Waals surface area (Å²) in [5.41, 5.74) is 5.85. The molecule has 0 fully saturated rings. The molecule has 15 heavy (non-hydrogen) atoms. The van der Waals surface area contributed by atoms with Crippen LogP contribution in [0, 0.1) is 0 Å². The molecule has 0 saturated carbocycles. The Morgan fingerprint density at radius 3 is 2.53 bits per heavy atom. The summed E-state index contributed by atoms with van der Waals surface area (Å²) in [4.78, 5) is 0.211. The smallest absolute Gasteiger partial charge is 0.240 e. The predicted molar refractivity (Wildman–Crippen MR) is 63.6 cm³/mol. The highest BCUT2D eigenvalue weighted by Crippen LogP contribution is 2.20. The van der Waals surface area contributed by atoms with E-state index in [2.05, 4.69) is 4.72 Å². The van der Waals surface area contributed by atoms with Crippen LogP contribution in [0.2, 0.25) is 5.02 Å². The number of nitrogens with two attached hydrogens (primary N) is 1. The highest BCUT2D eigenvalue weighted by Gasteiger charge is 2.13. The number of halogens is 1. The summed E-state index contributed by atoms with van der Waals surface area (Å²) in [5.74, 6) is 0. The summed E-state index contributed by atoms with van der Waals surface area (Å²) in [7, 11) is -2.16. The zero-order chi connectivity index (χ0) is 11.6. The molecule has 4 nitrogen and oxygen atoms in total. The molecule has 0 amide bonds. The van der Waals surface area contributed by atoms with E-state index in [1.54, 1.807) is 0 Å². The van der Waals surface area contributed by atoms with Crippen LogP contribution in [0.15, 0.2) is 23.1 Å². The largest absolute Gasteiger partial charge is 0.389 e. The van der Waals surface area contributed by atoms with Crippen molar-refractivity contribution in [3.8, 4) is 0 Å². The Bertz CT molecular complexity index is 499. The topological polar surface area (TPSA) is 72.2 Å². The summed E-state index contributed by atoms with van der Waals surface area (Å²) in [6, 6.07) is 4.18. The fraction of sp³-hybridized carbons (Fsp3) is 0.125. The Hall–Kier alpha value is -0.690. The lowest BCUT2D eigenvalue weighted by molar-refractivity contribution is 0.588. The Balaban J connectivity index is 3.30. The number of benzene rings is 1. The van der Waals surface area contributed by atoms with Crippen molar-refractivity contribution in [1.82, 2.24) is 4.72 Å². The van der Waals surface area contributed by atoms with E-state index in [0.717, 1.165) is 0 Å². The van der Waals surface area contributed by atoms with Gasteiger partial charge in [-0.25, -0.2) is 13.1 Å². The van der Waals surface area contributed by atoms with E-state index < -0.39 is 10.0 Å². The number of sulfonamides is 1. The molecule has 0 saturated heterocycles. The lowest BCUT2D eigenvalue weighted by Crippen LogP contribution is -2.19. The standard InChI is InChI=1S/C8H9ClN2O2S2/c1-11-15(12,13)5-2-3-6(8(10)14)7(9)4-5/h2-4,11H,1H3,(H2,10,14). The number of hydrogen-bond acceptors (Lipinski definition) is 3.